The highest BCUT2D eigenvalue weighted by atomic mass is 32.1. The van der Waals surface area contributed by atoms with Gasteiger partial charge in [-0.1, -0.05) is 54.0 Å². The number of Topliss-reactive ketones (excluding diaryl/α,β-unsaturated/α-hetero) is 2. The third-order valence-corrected chi connectivity index (χ3v) is 6.62. The molecule has 4 nitrogen and oxygen atoms in total. The number of aromatic nitrogens is 2. The van der Waals surface area contributed by atoms with Crippen molar-refractivity contribution >= 4 is 59.7 Å². The number of aryl methyl sites for hydroxylation is 1. The third-order valence-electron chi connectivity index (χ3n) is 5.58. The van der Waals surface area contributed by atoms with Crippen molar-refractivity contribution in [3.8, 4) is 10.6 Å². The van der Waals surface area contributed by atoms with Crippen molar-refractivity contribution in [1.82, 2.24) is 9.55 Å². The van der Waals surface area contributed by atoms with Crippen LogP contribution in [0.5, 0.6) is 0 Å². The maximum atomic E-state index is 13.0. The molecule has 0 radical (unpaired) electrons. The van der Waals surface area contributed by atoms with Gasteiger partial charge < -0.3 is 4.57 Å². The smallest absolute Gasteiger partial charge is 0.197 e. The van der Waals surface area contributed by atoms with E-state index < -0.39 is 0 Å². The summed E-state index contributed by atoms with van der Waals surface area (Å²) in [6.45, 7) is 2.75. The molecule has 0 aliphatic heterocycles. The molecule has 0 saturated carbocycles. The molecule has 0 bridgehead atoms. The number of nitrogens with zero attached hydrogens (tertiary/aromatic N) is 2. The first kappa shape index (κ1) is 18.8. The molecule has 5 rings (SSSR count). The molecular formula is C23H18B2N2O2S. The fraction of sp³-hybridized carbons (Fsp3) is 0.0870. The van der Waals surface area contributed by atoms with Gasteiger partial charge in [-0.05, 0) is 19.1 Å². The van der Waals surface area contributed by atoms with Gasteiger partial charge in [0.15, 0.2) is 17.2 Å². The predicted molar refractivity (Wildman–Crippen MR) is 127 cm³/mol. The Kier molecular flexibility index (Phi) is 4.55. The molecule has 1 aliphatic carbocycles. The van der Waals surface area contributed by atoms with Gasteiger partial charge in [0.1, 0.15) is 12.2 Å². The Morgan fingerprint density at radius 2 is 1.83 bits per heavy atom. The summed E-state index contributed by atoms with van der Waals surface area (Å²) >= 11 is 1.62. The number of hydrogen-bond donors (Lipinski definition) is 0. The maximum absolute atomic E-state index is 13.0. The highest BCUT2D eigenvalue weighted by molar-refractivity contribution is 7.21. The van der Waals surface area contributed by atoms with Gasteiger partial charge in [0, 0.05) is 28.9 Å². The number of allylic oxidation sites excluding steroid dienone is 1. The molecule has 0 unspecified atom stereocenters. The molecule has 1 aliphatic rings. The van der Waals surface area contributed by atoms with Crippen molar-refractivity contribution in [2.45, 2.75) is 13.5 Å². The highest BCUT2D eigenvalue weighted by Crippen LogP contribution is 2.34. The van der Waals surface area contributed by atoms with Crippen molar-refractivity contribution in [3.05, 3.63) is 77.0 Å². The van der Waals surface area contributed by atoms with Crippen LogP contribution < -0.4 is 5.46 Å². The second-order valence-corrected chi connectivity index (χ2v) is 8.37. The van der Waals surface area contributed by atoms with Gasteiger partial charge in [-0.25, -0.2) is 4.98 Å². The Labute approximate surface area is 179 Å². The molecule has 2 aromatic carbocycles. The summed E-state index contributed by atoms with van der Waals surface area (Å²) in [6, 6.07) is 17.7. The number of carbonyl (C=O) groups is 2. The minimum absolute atomic E-state index is 0.185. The summed E-state index contributed by atoms with van der Waals surface area (Å²) in [4.78, 5) is 30.7. The fourth-order valence-corrected chi connectivity index (χ4v) is 4.99. The zero-order valence-corrected chi connectivity index (χ0v) is 17.6. The van der Waals surface area contributed by atoms with Crippen LogP contribution in [0.4, 0.5) is 0 Å². The van der Waals surface area contributed by atoms with Crippen LogP contribution in [0, 0.1) is 0 Å². The average molecular weight is 408 g/mol. The van der Waals surface area contributed by atoms with Gasteiger partial charge in [0.2, 0.25) is 0 Å². The highest BCUT2D eigenvalue weighted by Gasteiger charge is 2.33. The number of benzene rings is 2. The molecule has 0 saturated heterocycles. The number of hydrogen-bond acceptors (Lipinski definition) is 4. The Hall–Kier alpha value is -3.18. The minimum Gasteiger partial charge on any atom is -0.325 e. The van der Waals surface area contributed by atoms with E-state index in [1.807, 2.05) is 51.1 Å². The van der Waals surface area contributed by atoms with Gasteiger partial charge in [-0.15, -0.1) is 11.3 Å². The maximum Gasteiger partial charge on any atom is 0.197 e. The summed E-state index contributed by atoms with van der Waals surface area (Å²) in [7, 11) is 2.87. The molecule has 2 aromatic heterocycles. The summed E-state index contributed by atoms with van der Waals surface area (Å²) in [5.41, 5.74) is 5.14. The molecule has 0 atom stereocenters. The average Bonchev–Trinajstić information content (AvgIpc) is 3.40. The standard InChI is InChI=1S/C23H18B2N2O2S/c1-2-27-15(12-19-22(27)26-23(30-19)13-6-4-3-5-7-13)11-18-20(28)16-9-8-14(25-24)10-17(16)21(18)29/h3-12,25H,2,24H2,1H3/b18-11-. The second kappa shape index (κ2) is 7.26. The molecular weight excluding hydrogens is 390 g/mol. The van der Waals surface area contributed by atoms with E-state index in [9.17, 15) is 9.59 Å². The van der Waals surface area contributed by atoms with Gasteiger partial charge in [0.05, 0.1) is 18.0 Å². The lowest BCUT2D eigenvalue weighted by Gasteiger charge is -2.03. The van der Waals surface area contributed by atoms with Crippen LogP contribution >= 0.6 is 11.3 Å². The predicted octanol–water partition coefficient (Wildman–Crippen LogP) is 2.86. The zero-order valence-electron chi connectivity index (χ0n) is 16.8. The molecule has 0 amide bonds. The molecule has 0 spiro atoms. The molecule has 144 valence electrons. The summed E-state index contributed by atoms with van der Waals surface area (Å²) in [5, 5.41) is 0.967. The third kappa shape index (κ3) is 2.89. The van der Waals surface area contributed by atoms with Crippen LogP contribution in [-0.4, -0.2) is 36.0 Å². The first-order valence-electron chi connectivity index (χ1n) is 10.1. The van der Waals surface area contributed by atoms with E-state index in [2.05, 4.69) is 16.7 Å². The monoisotopic (exact) mass is 408 g/mol. The normalized spacial score (nSPS) is 14.6. The lowest BCUT2D eigenvalue weighted by atomic mass is 9.51. The van der Waals surface area contributed by atoms with Crippen LogP contribution in [-0.2, 0) is 6.54 Å². The Morgan fingerprint density at radius 3 is 2.57 bits per heavy atom. The van der Waals surface area contributed by atoms with Crippen molar-refractivity contribution in [1.29, 1.82) is 0 Å². The zero-order chi connectivity index (χ0) is 20.8. The van der Waals surface area contributed by atoms with Crippen LogP contribution in [0.25, 0.3) is 27.0 Å². The lowest BCUT2D eigenvalue weighted by Crippen LogP contribution is -2.15. The van der Waals surface area contributed by atoms with Crippen molar-refractivity contribution < 1.29 is 9.59 Å². The Morgan fingerprint density at radius 1 is 1.07 bits per heavy atom. The fourth-order valence-electron chi connectivity index (χ4n) is 3.97. The van der Waals surface area contributed by atoms with Crippen LogP contribution in [0.15, 0.2) is 60.2 Å². The van der Waals surface area contributed by atoms with Gasteiger partial charge in [-0.2, -0.15) is 0 Å². The topological polar surface area (TPSA) is 52.0 Å². The number of carbonyl (C=O) groups excluding carboxylic acids is 2. The lowest BCUT2D eigenvalue weighted by molar-refractivity contribution is 0.0990. The molecule has 30 heavy (non-hydrogen) atoms. The number of fused-ring (bicyclic) bond motifs is 2. The number of rotatable bonds is 4. The largest absolute Gasteiger partial charge is 0.325 e. The van der Waals surface area contributed by atoms with Crippen LogP contribution in [0.3, 0.4) is 0 Å². The Bertz CT molecular complexity index is 1350. The molecule has 7 heteroatoms. The summed E-state index contributed by atoms with van der Waals surface area (Å²) < 4.78 is 3.11. The quantitative estimate of drug-likeness (QED) is 0.297. The molecule has 2 heterocycles. The minimum atomic E-state index is -0.192. The summed E-state index contributed by atoms with van der Waals surface area (Å²) in [5.74, 6) is -0.377. The van der Waals surface area contributed by atoms with E-state index in [0.29, 0.717) is 17.7 Å². The first-order valence-corrected chi connectivity index (χ1v) is 10.9. The van der Waals surface area contributed by atoms with Crippen molar-refractivity contribution in [2.24, 2.45) is 0 Å². The van der Waals surface area contributed by atoms with Gasteiger partial charge in [-0.3, -0.25) is 9.59 Å². The van der Waals surface area contributed by atoms with Gasteiger partial charge in [0.25, 0.3) is 0 Å². The molecule has 0 N–H and O–H groups in total. The van der Waals surface area contributed by atoms with Gasteiger partial charge >= 0.3 is 0 Å². The van der Waals surface area contributed by atoms with E-state index in [1.54, 1.807) is 23.5 Å². The SMILES string of the molecule is BBc1ccc2c(c1)C(=O)/C(=C\c1cc3sc(-c4ccccc4)nc3n1CC)C2=O. The molecule has 0 fully saturated rings. The van der Waals surface area contributed by atoms with Crippen LogP contribution in [0.1, 0.15) is 33.3 Å². The van der Waals surface area contributed by atoms with E-state index in [-0.39, 0.29) is 17.1 Å². The van der Waals surface area contributed by atoms with Crippen molar-refractivity contribution in [2.75, 3.05) is 0 Å². The van der Waals surface area contributed by atoms with E-state index in [1.165, 1.54) is 0 Å². The Balaban J connectivity index is 1.58. The van der Waals surface area contributed by atoms with E-state index in [4.69, 9.17) is 4.98 Å². The summed E-state index contributed by atoms with van der Waals surface area (Å²) in [6.07, 6.45) is 1.73. The van der Waals surface area contributed by atoms with E-state index >= 15 is 0 Å². The number of ketones is 2. The molecule has 4 aromatic rings. The second-order valence-electron chi connectivity index (χ2n) is 7.34. The number of thiazole rings is 1. The van der Waals surface area contributed by atoms with Crippen molar-refractivity contribution in [3.63, 3.8) is 0 Å². The van der Waals surface area contributed by atoms with E-state index in [0.717, 1.165) is 39.2 Å². The van der Waals surface area contributed by atoms with Crippen LogP contribution in [0.2, 0.25) is 0 Å². The first-order chi connectivity index (χ1) is 14.6.